The number of anilines is 1. The Bertz CT molecular complexity index is 783. The van der Waals surface area contributed by atoms with Crippen molar-refractivity contribution in [2.75, 3.05) is 5.32 Å². The summed E-state index contributed by atoms with van der Waals surface area (Å²) in [4.78, 5) is 11.2. The molecular formula is C21H19NO2. The molecular weight excluding hydrogens is 298 g/mol. The van der Waals surface area contributed by atoms with Crippen molar-refractivity contribution >= 4 is 11.7 Å². The van der Waals surface area contributed by atoms with Crippen LogP contribution in [0.1, 0.15) is 18.0 Å². The van der Waals surface area contributed by atoms with E-state index in [1.54, 1.807) is 0 Å². The molecule has 3 aromatic carbocycles. The molecule has 1 atom stereocenters. The lowest BCUT2D eigenvalue weighted by Crippen LogP contribution is -2.15. The first-order valence-corrected chi connectivity index (χ1v) is 7.91. The first-order chi connectivity index (χ1) is 11.7. The van der Waals surface area contributed by atoms with Gasteiger partial charge in [-0.25, -0.2) is 0 Å². The second-order valence-electron chi connectivity index (χ2n) is 5.65. The van der Waals surface area contributed by atoms with Gasteiger partial charge < -0.3 is 10.4 Å². The number of rotatable bonds is 6. The van der Waals surface area contributed by atoms with Crippen molar-refractivity contribution in [3.05, 3.63) is 90.5 Å². The quantitative estimate of drug-likeness (QED) is 0.674. The molecule has 0 unspecified atom stereocenters. The number of hydrogen-bond acceptors (Lipinski definition) is 2. The van der Waals surface area contributed by atoms with E-state index in [9.17, 15) is 9.90 Å². The van der Waals surface area contributed by atoms with Crippen LogP contribution in [-0.2, 0) is 4.79 Å². The monoisotopic (exact) mass is 317 g/mol. The lowest BCUT2D eigenvalue weighted by atomic mass is 10.0. The van der Waals surface area contributed by atoms with Gasteiger partial charge in [0.25, 0.3) is 0 Å². The van der Waals surface area contributed by atoms with E-state index in [0.717, 1.165) is 22.4 Å². The van der Waals surface area contributed by atoms with Gasteiger partial charge in [-0.15, -0.1) is 0 Å². The minimum atomic E-state index is -0.822. The number of carboxylic acids is 1. The van der Waals surface area contributed by atoms with Crippen molar-refractivity contribution in [1.82, 2.24) is 0 Å². The van der Waals surface area contributed by atoms with Gasteiger partial charge in [-0.05, 0) is 28.8 Å². The van der Waals surface area contributed by atoms with E-state index >= 15 is 0 Å². The topological polar surface area (TPSA) is 49.3 Å². The molecule has 120 valence electrons. The van der Waals surface area contributed by atoms with Crippen LogP contribution in [0, 0.1) is 0 Å². The lowest BCUT2D eigenvalue weighted by Gasteiger charge is -2.19. The van der Waals surface area contributed by atoms with E-state index in [2.05, 4.69) is 17.4 Å². The van der Waals surface area contributed by atoms with Crippen molar-refractivity contribution in [2.45, 2.75) is 12.5 Å². The Kier molecular flexibility index (Phi) is 4.92. The van der Waals surface area contributed by atoms with E-state index in [1.165, 1.54) is 0 Å². The molecule has 0 bridgehead atoms. The minimum absolute atomic E-state index is 0.0322. The summed E-state index contributed by atoms with van der Waals surface area (Å²) in [5, 5.41) is 12.5. The van der Waals surface area contributed by atoms with E-state index in [1.807, 2.05) is 72.8 Å². The summed E-state index contributed by atoms with van der Waals surface area (Å²) < 4.78 is 0. The third kappa shape index (κ3) is 4.02. The highest BCUT2D eigenvalue weighted by atomic mass is 16.4. The molecule has 0 amide bonds. The highest BCUT2D eigenvalue weighted by Crippen LogP contribution is 2.25. The van der Waals surface area contributed by atoms with Gasteiger partial charge in [-0.3, -0.25) is 4.79 Å². The summed E-state index contributed by atoms with van der Waals surface area (Å²) in [5.41, 5.74) is 4.17. The zero-order chi connectivity index (χ0) is 16.8. The van der Waals surface area contributed by atoms with Crippen LogP contribution in [0.5, 0.6) is 0 Å². The molecule has 3 rings (SSSR count). The van der Waals surface area contributed by atoms with Crippen LogP contribution >= 0.6 is 0 Å². The normalized spacial score (nSPS) is 11.7. The number of hydrogen-bond donors (Lipinski definition) is 2. The van der Waals surface area contributed by atoms with Crippen molar-refractivity contribution < 1.29 is 9.90 Å². The van der Waals surface area contributed by atoms with Gasteiger partial charge in [-0.2, -0.15) is 0 Å². The molecule has 2 N–H and O–H groups in total. The van der Waals surface area contributed by atoms with Gasteiger partial charge >= 0.3 is 5.97 Å². The molecule has 0 spiro atoms. The van der Waals surface area contributed by atoms with Gasteiger partial charge in [0.15, 0.2) is 0 Å². The molecule has 0 fully saturated rings. The average Bonchev–Trinajstić information content (AvgIpc) is 2.63. The molecule has 0 aliphatic carbocycles. The standard InChI is InChI=1S/C21H19NO2/c23-21(24)15-20(18-9-5-2-6-10-18)22-19-13-11-17(12-14-19)16-7-3-1-4-8-16/h1-14,20,22H,15H2,(H,23,24)/t20-/m0/s1. The van der Waals surface area contributed by atoms with Crippen LogP contribution in [0.25, 0.3) is 11.1 Å². The number of nitrogens with one attached hydrogen (secondary N) is 1. The minimum Gasteiger partial charge on any atom is -0.481 e. The lowest BCUT2D eigenvalue weighted by molar-refractivity contribution is -0.137. The Hall–Kier alpha value is -3.07. The van der Waals surface area contributed by atoms with Crippen molar-refractivity contribution in [3.8, 4) is 11.1 Å². The van der Waals surface area contributed by atoms with Crippen LogP contribution in [0.15, 0.2) is 84.9 Å². The summed E-state index contributed by atoms with van der Waals surface area (Å²) in [6.45, 7) is 0. The van der Waals surface area contributed by atoms with E-state index in [4.69, 9.17) is 0 Å². The van der Waals surface area contributed by atoms with Gasteiger partial charge in [0.1, 0.15) is 0 Å². The molecule has 0 saturated heterocycles. The molecule has 0 radical (unpaired) electrons. The molecule has 3 aromatic rings. The van der Waals surface area contributed by atoms with Crippen LogP contribution in [0.2, 0.25) is 0 Å². The summed E-state index contributed by atoms with van der Waals surface area (Å²) >= 11 is 0. The Morgan fingerprint density at radius 3 is 1.92 bits per heavy atom. The van der Waals surface area contributed by atoms with Gasteiger partial charge in [0, 0.05) is 5.69 Å². The Balaban J connectivity index is 1.79. The van der Waals surface area contributed by atoms with Crippen LogP contribution in [0.4, 0.5) is 5.69 Å². The Morgan fingerprint density at radius 1 is 0.792 bits per heavy atom. The van der Waals surface area contributed by atoms with E-state index < -0.39 is 5.97 Å². The highest BCUT2D eigenvalue weighted by molar-refractivity contribution is 5.69. The summed E-state index contributed by atoms with van der Waals surface area (Å²) in [6, 6.07) is 27.6. The summed E-state index contributed by atoms with van der Waals surface area (Å²) in [5.74, 6) is -0.822. The number of carbonyl (C=O) groups is 1. The Labute approximate surface area is 141 Å². The molecule has 0 aromatic heterocycles. The smallest absolute Gasteiger partial charge is 0.305 e. The molecule has 3 heteroatoms. The zero-order valence-electron chi connectivity index (χ0n) is 13.2. The van der Waals surface area contributed by atoms with Crippen LogP contribution in [-0.4, -0.2) is 11.1 Å². The second-order valence-corrected chi connectivity index (χ2v) is 5.65. The highest BCUT2D eigenvalue weighted by Gasteiger charge is 2.15. The fourth-order valence-corrected chi connectivity index (χ4v) is 2.70. The first-order valence-electron chi connectivity index (χ1n) is 7.91. The summed E-state index contributed by atoms with van der Waals surface area (Å²) in [7, 11) is 0. The molecule has 3 nitrogen and oxygen atoms in total. The van der Waals surface area contributed by atoms with Crippen LogP contribution in [0.3, 0.4) is 0 Å². The predicted octanol–water partition coefficient (Wildman–Crippen LogP) is 4.98. The maximum atomic E-state index is 11.2. The first kappa shape index (κ1) is 15.8. The number of carboxylic acid groups (broad SMARTS) is 1. The SMILES string of the molecule is O=C(O)C[C@H](Nc1ccc(-c2ccccc2)cc1)c1ccccc1. The maximum absolute atomic E-state index is 11.2. The predicted molar refractivity (Wildman–Crippen MR) is 96.9 cm³/mol. The number of aliphatic carboxylic acids is 1. The van der Waals surface area contributed by atoms with E-state index in [-0.39, 0.29) is 12.5 Å². The van der Waals surface area contributed by atoms with Crippen LogP contribution < -0.4 is 5.32 Å². The Morgan fingerprint density at radius 2 is 1.33 bits per heavy atom. The van der Waals surface area contributed by atoms with Gasteiger partial charge in [0.05, 0.1) is 12.5 Å². The fraction of sp³-hybridized carbons (Fsp3) is 0.0952. The van der Waals surface area contributed by atoms with Gasteiger partial charge in [0.2, 0.25) is 0 Å². The number of benzene rings is 3. The van der Waals surface area contributed by atoms with Crippen molar-refractivity contribution in [3.63, 3.8) is 0 Å². The maximum Gasteiger partial charge on any atom is 0.305 e. The second kappa shape index (κ2) is 7.47. The molecule has 0 heterocycles. The molecule has 0 aliphatic rings. The molecule has 0 saturated carbocycles. The average molecular weight is 317 g/mol. The largest absolute Gasteiger partial charge is 0.481 e. The molecule has 24 heavy (non-hydrogen) atoms. The fourth-order valence-electron chi connectivity index (χ4n) is 2.70. The van der Waals surface area contributed by atoms with Crippen molar-refractivity contribution in [2.24, 2.45) is 0 Å². The molecule has 0 aliphatic heterocycles. The van der Waals surface area contributed by atoms with Crippen molar-refractivity contribution in [1.29, 1.82) is 0 Å². The summed E-state index contributed by atoms with van der Waals surface area (Å²) in [6.07, 6.45) is 0.0322. The third-order valence-corrected chi connectivity index (χ3v) is 3.91. The van der Waals surface area contributed by atoms with Gasteiger partial charge in [-0.1, -0.05) is 72.8 Å². The zero-order valence-corrected chi connectivity index (χ0v) is 13.2. The van der Waals surface area contributed by atoms with E-state index in [0.29, 0.717) is 0 Å². The third-order valence-electron chi connectivity index (χ3n) is 3.91.